The van der Waals surface area contributed by atoms with Gasteiger partial charge in [-0.1, -0.05) is 6.07 Å². The molecule has 9 heteroatoms. The van der Waals surface area contributed by atoms with Crippen LogP contribution < -0.4 is 20.4 Å². The van der Waals surface area contributed by atoms with Gasteiger partial charge in [0, 0.05) is 22.9 Å². The normalized spacial score (nSPS) is 11.8. The van der Waals surface area contributed by atoms with Gasteiger partial charge < -0.3 is 29.4 Å². The average molecular weight is 469 g/mol. The van der Waals surface area contributed by atoms with E-state index < -0.39 is 23.5 Å². The number of carboxylic acid groups (broad SMARTS) is 1. The summed E-state index contributed by atoms with van der Waals surface area (Å²) in [7, 11) is 2.95. The molecule has 1 heterocycles. The Bertz CT molecular complexity index is 1290. The molecule has 0 saturated carbocycles. The lowest BCUT2D eigenvalue weighted by molar-refractivity contribution is -0.137. The number of nitrogens with one attached hydrogen (secondary N) is 1. The number of benzene rings is 2. The van der Waals surface area contributed by atoms with Crippen molar-refractivity contribution < 1.29 is 33.7 Å². The Kier molecular flexibility index (Phi) is 7.45. The van der Waals surface area contributed by atoms with Gasteiger partial charge in [0.2, 0.25) is 5.91 Å². The van der Waals surface area contributed by atoms with Gasteiger partial charge >= 0.3 is 11.6 Å². The van der Waals surface area contributed by atoms with Crippen LogP contribution in [0.2, 0.25) is 0 Å². The van der Waals surface area contributed by atoms with E-state index in [-0.39, 0.29) is 25.0 Å². The van der Waals surface area contributed by atoms with Gasteiger partial charge in [0.25, 0.3) is 0 Å². The van der Waals surface area contributed by atoms with Crippen molar-refractivity contribution in [2.45, 2.75) is 39.2 Å². The number of carbonyl (C=O) groups is 2. The first-order valence-corrected chi connectivity index (χ1v) is 10.6. The molecule has 0 bridgehead atoms. The van der Waals surface area contributed by atoms with E-state index in [4.69, 9.17) is 13.9 Å². The zero-order valence-corrected chi connectivity index (χ0v) is 19.4. The highest BCUT2D eigenvalue weighted by atomic mass is 16.5. The number of carbonyl (C=O) groups excluding carboxylic acids is 1. The number of hydrogen-bond donors (Lipinski definition) is 3. The molecule has 180 valence electrons. The van der Waals surface area contributed by atoms with E-state index in [1.165, 1.54) is 20.3 Å². The Morgan fingerprint density at radius 1 is 1.06 bits per heavy atom. The molecule has 3 rings (SSSR count). The SMILES string of the molecule is COc1ccc(C(CC(=O)O)NC(=O)CCc2c(C)c3ccc(O)c(C)c3oc2=O)cc1OC. The number of amides is 1. The van der Waals surface area contributed by atoms with Gasteiger partial charge in [-0.25, -0.2) is 4.79 Å². The number of aliphatic carboxylic acids is 1. The molecule has 0 aliphatic carbocycles. The number of fused-ring (bicyclic) bond motifs is 1. The van der Waals surface area contributed by atoms with Crippen molar-refractivity contribution in [3.8, 4) is 17.2 Å². The largest absolute Gasteiger partial charge is 0.508 e. The molecular weight excluding hydrogens is 442 g/mol. The summed E-state index contributed by atoms with van der Waals surface area (Å²) >= 11 is 0. The van der Waals surface area contributed by atoms with Crippen LogP contribution >= 0.6 is 0 Å². The van der Waals surface area contributed by atoms with Crippen LogP contribution in [0.15, 0.2) is 39.5 Å². The van der Waals surface area contributed by atoms with Crippen molar-refractivity contribution in [1.29, 1.82) is 0 Å². The fourth-order valence-corrected chi connectivity index (χ4v) is 3.87. The fraction of sp³-hybridized carbons (Fsp3) is 0.320. The lowest BCUT2D eigenvalue weighted by Gasteiger charge is -2.19. The number of methoxy groups -OCH3 is 2. The summed E-state index contributed by atoms with van der Waals surface area (Å²) in [5, 5.41) is 22.6. The first-order valence-electron chi connectivity index (χ1n) is 10.6. The van der Waals surface area contributed by atoms with Gasteiger partial charge in [-0.15, -0.1) is 0 Å². The molecule has 9 nitrogen and oxygen atoms in total. The first kappa shape index (κ1) is 24.6. The van der Waals surface area contributed by atoms with Crippen molar-refractivity contribution in [3.63, 3.8) is 0 Å². The number of ether oxygens (including phenoxy) is 2. The average Bonchev–Trinajstić information content (AvgIpc) is 2.80. The monoisotopic (exact) mass is 469 g/mol. The lowest BCUT2D eigenvalue weighted by atomic mass is 9.99. The maximum absolute atomic E-state index is 12.7. The summed E-state index contributed by atoms with van der Waals surface area (Å²) in [4.78, 5) is 36.7. The predicted molar refractivity (Wildman–Crippen MR) is 125 cm³/mol. The Labute approximate surface area is 195 Å². The molecule has 1 atom stereocenters. The van der Waals surface area contributed by atoms with Crippen molar-refractivity contribution in [2.75, 3.05) is 14.2 Å². The van der Waals surface area contributed by atoms with Gasteiger partial charge in [-0.05, 0) is 55.7 Å². The van der Waals surface area contributed by atoms with Crippen LogP contribution in [0.3, 0.4) is 0 Å². The summed E-state index contributed by atoms with van der Waals surface area (Å²) in [6, 6.07) is 7.31. The maximum atomic E-state index is 12.7. The molecule has 0 aliphatic heterocycles. The minimum absolute atomic E-state index is 0.0295. The highest BCUT2D eigenvalue weighted by molar-refractivity contribution is 5.85. The Morgan fingerprint density at radius 3 is 2.41 bits per heavy atom. The zero-order chi connectivity index (χ0) is 25.0. The van der Waals surface area contributed by atoms with Gasteiger partial charge in [0.1, 0.15) is 11.3 Å². The third-order valence-corrected chi connectivity index (χ3v) is 5.80. The summed E-state index contributed by atoms with van der Waals surface area (Å²) in [6.45, 7) is 3.42. The topological polar surface area (TPSA) is 135 Å². The molecule has 0 saturated heterocycles. The smallest absolute Gasteiger partial charge is 0.339 e. The minimum atomic E-state index is -1.08. The van der Waals surface area contributed by atoms with E-state index >= 15 is 0 Å². The van der Waals surface area contributed by atoms with Crippen molar-refractivity contribution >= 4 is 22.8 Å². The molecule has 0 radical (unpaired) electrons. The van der Waals surface area contributed by atoms with Gasteiger partial charge in [-0.2, -0.15) is 0 Å². The van der Waals surface area contributed by atoms with E-state index in [2.05, 4.69) is 5.32 Å². The third kappa shape index (κ3) is 5.14. The molecule has 1 amide bonds. The van der Waals surface area contributed by atoms with Crippen LogP contribution in [-0.4, -0.2) is 36.3 Å². The van der Waals surface area contributed by atoms with Crippen LogP contribution in [0.5, 0.6) is 17.2 Å². The van der Waals surface area contributed by atoms with Crippen LogP contribution in [0, 0.1) is 13.8 Å². The lowest BCUT2D eigenvalue weighted by Crippen LogP contribution is -2.30. The number of phenols is 1. The Balaban J connectivity index is 1.81. The van der Waals surface area contributed by atoms with E-state index in [0.29, 0.717) is 44.7 Å². The maximum Gasteiger partial charge on any atom is 0.339 e. The van der Waals surface area contributed by atoms with E-state index in [0.717, 1.165) is 0 Å². The van der Waals surface area contributed by atoms with Gasteiger partial charge in [0.15, 0.2) is 11.5 Å². The summed E-state index contributed by atoms with van der Waals surface area (Å²) < 4.78 is 15.9. The highest BCUT2D eigenvalue weighted by Crippen LogP contribution is 2.31. The van der Waals surface area contributed by atoms with Crippen molar-refractivity contribution in [1.82, 2.24) is 5.32 Å². The van der Waals surface area contributed by atoms with Crippen LogP contribution in [0.4, 0.5) is 0 Å². The molecule has 3 N–H and O–H groups in total. The molecular formula is C25H27NO8. The minimum Gasteiger partial charge on any atom is -0.508 e. The number of phenolic OH excluding ortho intramolecular Hbond substituents is 1. The number of aryl methyl sites for hydroxylation is 2. The molecule has 3 aromatic rings. The summed E-state index contributed by atoms with van der Waals surface area (Å²) in [5.41, 5.74) is 1.77. The second kappa shape index (κ2) is 10.3. The van der Waals surface area contributed by atoms with Gasteiger partial charge in [0.05, 0.1) is 26.7 Å². The second-order valence-corrected chi connectivity index (χ2v) is 7.91. The van der Waals surface area contributed by atoms with Crippen LogP contribution in [-0.2, 0) is 16.0 Å². The molecule has 0 fully saturated rings. The van der Waals surface area contributed by atoms with Crippen molar-refractivity contribution in [3.05, 3.63) is 63.0 Å². The van der Waals surface area contributed by atoms with Crippen LogP contribution in [0.1, 0.15) is 41.1 Å². The van der Waals surface area contributed by atoms with E-state index in [1.807, 2.05) is 0 Å². The number of carboxylic acids is 1. The highest BCUT2D eigenvalue weighted by Gasteiger charge is 2.21. The molecule has 0 spiro atoms. The predicted octanol–water partition coefficient (Wildman–Crippen LogP) is 3.40. The molecule has 1 aromatic heterocycles. The zero-order valence-electron chi connectivity index (χ0n) is 19.4. The van der Waals surface area contributed by atoms with E-state index in [1.54, 1.807) is 38.1 Å². The van der Waals surface area contributed by atoms with Crippen LogP contribution in [0.25, 0.3) is 11.0 Å². The molecule has 0 aliphatic rings. The molecule has 2 aromatic carbocycles. The summed E-state index contributed by atoms with van der Waals surface area (Å²) in [6.07, 6.45) is -0.264. The Hall–Kier alpha value is -4.01. The summed E-state index contributed by atoms with van der Waals surface area (Å²) in [5.74, 6) is -0.572. The fourth-order valence-electron chi connectivity index (χ4n) is 3.87. The quantitative estimate of drug-likeness (QED) is 0.406. The van der Waals surface area contributed by atoms with Crippen molar-refractivity contribution in [2.24, 2.45) is 0 Å². The molecule has 1 unspecified atom stereocenters. The standard InChI is InChI=1S/C25H27NO8/c1-13-16-6-8-19(27)14(2)24(16)34-25(31)17(13)7-10-22(28)26-18(12-23(29)30)15-5-9-20(32-3)21(11-15)33-4/h5-6,8-9,11,18,27H,7,10,12H2,1-4H3,(H,26,28)(H,29,30). The molecule has 34 heavy (non-hydrogen) atoms. The van der Waals surface area contributed by atoms with E-state index in [9.17, 15) is 24.6 Å². The number of aromatic hydroxyl groups is 1. The Morgan fingerprint density at radius 2 is 1.76 bits per heavy atom. The second-order valence-electron chi connectivity index (χ2n) is 7.91. The number of rotatable bonds is 9. The third-order valence-electron chi connectivity index (χ3n) is 5.80. The van der Waals surface area contributed by atoms with Gasteiger partial charge in [-0.3, -0.25) is 9.59 Å². The first-order chi connectivity index (χ1) is 16.2. The number of hydrogen-bond acceptors (Lipinski definition) is 7.